The minimum Gasteiger partial charge on any atom is -0.465 e. The van der Waals surface area contributed by atoms with Gasteiger partial charge in [0.25, 0.3) is 0 Å². The number of carbonyl (C=O) groups excluding carboxylic acids is 1. The average molecular weight is 373 g/mol. The topological polar surface area (TPSA) is 85.2 Å². The van der Waals surface area contributed by atoms with E-state index in [-0.39, 0.29) is 18.9 Å². The van der Waals surface area contributed by atoms with Gasteiger partial charge in [0, 0.05) is 31.4 Å². The van der Waals surface area contributed by atoms with Crippen LogP contribution in [0.1, 0.15) is 17.6 Å². The summed E-state index contributed by atoms with van der Waals surface area (Å²) in [5, 5.41) is 5.77. The Labute approximate surface area is 157 Å². The van der Waals surface area contributed by atoms with Crippen LogP contribution in [0.3, 0.4) is 0 Å². The first kappa shape index (κ1) is 17.7. The quantitative estimate of drug-likeness (QED) is 0.838. The Morgan fingerprint density at radius 3 is 2.74 bits per heavy atom. The fourth-order valence-electron chi connectivity index (χ4n) is 3.27. The smallest absolute Gasteiger partial charge is 0.319 e. The zero-order chi connectivity index (χ0) is 18.6. The molecule has 0 radical (unpaired) electrons. The summed E-state index contributed by atoms with van der Waals surface area (Å²) in [6.07, 6.45) is 0. The van der Waals surface area contributed by atoms with Crippen molar-refractivity contribution in [1.29, 1.82) is 0 Å². The largest absolute Gasteiger partial charge is 0.465 e. The molecule has 3 heterocycles. The monoisotopic (exact) mass is 373 g/mol. The van der Waals surface area contributed by atoms with E-state index in [1.807, 2.05) is 19.1 Å². The molecule has 2 aliphatic heterocycles. The van der Waals surface area contributed by atoms with Crippen molar-refractivity contribution >= 4 is 11.7 Å². The summed E-state index contributed by atoms with van der Waals surface area (Å²) in [5.41, 5.74) is 0.647. The van der Waals surface area contributed by atoms with E-state index in [2.05, 4.69) is 15.5 Å². The highest BCUT2D eigenvalue weighted by Crippen LogP contribution is 2.34. The maximum absolute atomic E-state index is 12.4. The molecule has 144 valence electrons. The lowest BCUT2D eigenvalue weighted by Gasteiger charge is -2.33. The summed E-state index contributed by atoms with van der Waals surface area (Å²) < 4.78 is 21.9. The van der Waals surface area contributed by atoms with E-state index in [1.54, 1.807) is 18.2 Å². The van der Waals surface area contributed by atoms with Crippen molar-refractivity contribution in [3.63, 3.8) is 0 Å². The maximum atomic E-state index is 12.4. The number of hydrogen-bond acceptors (Lipinski definition) is 6. The number of hydrogen-bond donors (Lipinski definition) is 2. The van der Waals surface area contributed by atoms with Crippen molar-refractivity contribution in [2.24, 2.45) is 0 Å². The number of aryl methyl sites for hydroxylation is 1. The second-order valence-corrected chi connectivity index (χ2v) is 6.52. The van der Waals surface area contributed by atoms with Gasteiger partial charge in [-0.25, -0.2) is 4.79 Å². The highest BCUT2D eigenvalue weighted by atomic mass is 16.7. The molecule has 8 heteroatoms. The van der Waals surface area contributed by atoms with E-state index in [1.165, 1.54) is 0 Å². The molecule has 2 aliphatic rings. The Kier molecular flexibility index (Phi) is 5.17. The molecule has 1 fully saturated rings. The van der Waals surface area contributed by atoms with Gasteiger partial charge in [-0.15, -0.1) is 0 Å². The average Bonchev–Trinajstić information content (AvgIpc) is 3.31. The number of amides is 2. The lowest BCUT2D eigenvalue weighted by Crippen LogP contribution is -2.44. The number of nitrogens with one attached hydrogen (secondary N) is 2. The first-order valence-corrected chi connectivity index (χ1v) is 9.02. The number of fused-ring (bicyclic) bond motifs is 1. The molecule has 8 nitrogen and oxygen atoms in total. The number of furan rings is 1. The molecule has 0 aliphatic carbocycles. The normalized spacial score (nSPS) is 17.5. The van der Waals surface area contributed by atoms with Gasteiger partial charge in [0.05, 0.1) is 19.3 Å². The maximum Gasteiger partial charge on any atom is 0.319 e. The van der Waals surface area contributed by atoms with Gasteiger partial charge in [0.1, 0.15) is 11.5 Å². The molecule has 1 saturated heterocycles. The van der Waals surface area contributed by atoms with E-state index in [4.69, 9.17) is 18.6 Å². The molecule has 1 aromatic carbocycles. The second kappa shape index (κ2) is 7.89. The number of rotatable bonds is 5. The van der Waals surface area contributed by atoms with Crippen molar-refractivity contribution in [2.45, 2.75) is 13.0 Å². The van der Waals surface area contributed by atoms with Crippen molar-refractivity contribution < 1.29 is 23.4 Å². The van der Waals surface area contributed by atoms with Gasteiger partial charge in [-0.2, -0.15) is 0 Å². The first-order valence-electron chi connectivity index (χ1n) is 9.02. The van der Waals surface area contributed by atoms with Crippen LogP contribution in [0.15, 0.2) is 34.7 Å². The van der Waals surface area contributed by atoms with E-state index in [9.17, 15) is 4.79 Å². The molecule has 4 rings (SSSR count). The van der Waals surface area contributed by atoms with Crippen molar-refractivity contribution in [3.8, 4) is 11.5 Å². The van der Waals surface area contributed by atoms with Crippen molar-refractivity contribution in [1.82, 2.24) is 10.2 Å². The number of carbonyl (C=O) groups is 1. The van der Waals surface area contributed by atoms with Gasteiger partial charge in [-0.1, -0.05) is 0 Å². The molecular weight excluding hydrogens is 350 g/mol. The molecule has 1 aromatic heterocycles. The fraction of sp³-hybridized carbons (Fsp3) is 0.421. The Hall–Kier alpha value is -2.71. The summed E-state index contributed by atoms with van der Waals surface area (Å²) in [4.78, 5) is 14.6. The lowest BCUT2D eigenvalue weighted by atomic mass is 10.1. The minimum atomic E-state index is -0.282. The molecule has 27 heavy (non-hydrogen) atoms. The molecule has 0 unspecified atom stereocenters. The fourth-order valence-corrected chi connectivity index (χ4v) is 3.27. The van der Waals surface area contributed by atoms with Crippen molar-refractivity contribution in [2.75, 3.05) is 45.0 Å². The minimum absolute atomic E-state index is 0.0369. The molecule has 2 N–H and O–H groups in total. The zero-order valence-corrected chi connectivity index (χ0v) is 15.2. The van der Waals surface area contributed by atoms with E-state index >= 15 is 0 Å². The van der Waals surface area contributed by atoms with Gasteiger partial charge in [0.15, 0.2) is 11.5 Å². The predicted octanol–water partition coefficient (Wildman–Crippen LogP) is 2.51. The van der Waals surface area contributed by atoms with E-state index in [0.29, 0.717) is 36.9 Å². The number of urea groups is 1. The van der Waals surface area contributed by atoms with Crippen LogP contribution in [-0.2, 0) is 4.74 Å². The molecular formula is C19H23N3O5. The Bertz CT molecular complexity index is 800. The van der Waals surface area contributed by atoms with Gasteiger partial charge < -0.3 is 29.3 Å². The van der Waals surface area contributed by atoms with Crippen LogP contribution >= 0.6 is 0 Å². The summed E-state index contributed by atoms with van der Waals surface area (Å²) in [7, 11) is 0. The number of benzene rings is 1. The summed E-state index contributed by atoms with van der Waals surface area (Å²) in [6, 6.07) is 8.89. The van der Waals surface area contributed by atoms with Crippen molar-refractivity contribution in [3.05, 3.63) is 41.9 Å². The van der Waals surface area contributed by atoms with Gasteiger partial charge in [-0.05, 0) is 31.2 Å². The molecule has 1 atom stereocenters. The molecule has 0 bridgehead atoms. The number of morpholine rings is 1. The SMILES string of the molecule is Cc1ccc([C@H](CNC(=O)Nc2ccc3c(c2)OCO3)N2CCOCC2)o1. The van der Waals surface area contributed by atoms with E-state index < -0.39 is 0 Å². The Morgan fingerprint density at radius 1 is 1.15 bits per heavy atom. The third-order valence-electron chi connectivity index (χ3n) is 4.66. The number of nitrogens with zero attached hydrogens (tertiary/aromatic N) is 1. The summed E-state index contributed by atoms with van der Waals surface area (Å²) >= 11 is 0. The van der Waals surface area contributed by atoms with Crippen LogP contribution in [-0.4, -0.2) is 50.6 Å². The Morgan fingerprint density at radius 2 is 1.96 bits per heavy atom. The lowest BCUT2D eigenvalue weighted by molar-refractivity contribution is 0.0122. The summed E-state index contributed by atoms with van der Waals surface area (Å²) in [6.45, 7) is 5.52. The predicted molar refractivity (Wildman–Crippen MR) is 98.2 cm³/mol. The van der Waals surface area contributed by atoms with Gasteiger partial charge in [-0.3, -0.25) is 4.90 Å². The molecule has 2 aromatic rings. The Balaban J connectivity index is 1.38. The highest BCUT2D eigenvalue weighted by molar-refractivity contribution is 5.89. The van der Waals surface area contributed by atoms with Crippen LogP contribution in [0, 0.1) is 6.92 Å². The third kappa shape index (κ3) is 4.17. The van der Waals surface area contributed by atoms with Gasteiger partial charge in [0.2, 0.25) is 6.79 Å². The zero-order valence-electron chi connectivity index (χ0n) is 15.2. The van der Waals surface area contributed by atoms with E-state index in [0.717, 1.165) is 24.6 Å². The number of ether oxygens (including phenoxy) is 3. The van der Waals surface area contributed by atoms with Crippen LogP contribution in [0.2, 0.25) is 0 Å². The summed E-state index contributed by atoms with van der Waals surface area (Å²) in [5.74, 6) is 3.01. The number of anilines is 1. The van der Waals surface area contributed by atoms with Gasteiger partial charge >= 0.3 is 6.03 Å². The first-order chi connectivity index (χ1) is 13.2. The third-order valence-corrected chi connectivity index (χ3v) is 4.66. The molecule has 0 saturated carbocycles. The van der Waals surface area contributed by atoms with Crippen LogP contribution < -0.4 is 20.1 Å². The molecule has 2 amide bonds. The second-order valence-electron chi connectivity index (χ2n) is 6.52. The van der Waals surface area contributed by atoms with Crippen LogP contribution in [0.25, 0.3) is 0 Å². The highest BCUT2D eigenvalue weighted by Gasteiger charge is 2.25. The van der Waals surface area contributed by atoms with Crippen LogP contribution in [0.5, 0.6) is 11.5 Å². The molecule has 0 spiro atoms. The standard InChI is InChI=1S/C19H23N3O5/c1-13-2-4-16(27-13)15(22-6-8-24-9-7-22)11-20-19(23)21-14-3-5-17-18(10-14)26-12-25-17/h2-5,10,15H,6-9,11-12H2,1H3,(H2,20,21,23)/t15-/m0/s1. The van der Waals surface area contributed by atoms with Crippen LogP contribution in [0.4, 0.5) is 10.5 Å².